The Balaban J connectivity index is 1.23. The highest BCUT2D eigenvalue weighted by Gasteiger charge is 2.49. The van der Waals surface area contributed by atoms with Gasteiger partial charge < -0.3 is 9.42 Å². The van der Waals surface area contributed by atoms with Gasteiger partial charge in [0.2, 0.25) is 0 Å². The van der Waals surface area contributed by atoms with Crippen LogP contribution in [0.2, 0.25) is 0 Å². The fourth-order valence-corrected chi connectivity index (χ4v) is 5.41. The molecule has 0 N–H and O–H groups in total. The Labute approximate surface area is 181 Å². The number of likely N-dealkylation sites (tertiary alicyclic amines) is 2. The van der Waals surface area contributed by atoms with Gasteiger partial charge in [-0.15, -0.1) is 0 Å². The molecular weight excluding hydrogens is 388 g/mol. The van der Waals surface area contributed by atoms with Crippen LogP contribution >= 0.6 is 0 Å². The molecule has 4 heterocycles. The van der Waals surface area contributed by atoms with Gasteiger partial charge in [-0.25, -0.2) is 0 Å². The second-order valence-corrected chi connectivity index (χ2v) is 9.16. The number of pyridine rings is 1. The number of carbonyl (C=O) groups is 1. The van der Waals surface area contributed by atoms with Crippen molar-refractivity contribution in [1.29, 1.82) is 0 Å². The first kappa shape index (κ1) is 18.8. The number of rotatable bonds is 5. The number of hydrogen-bond donors (Lipinski definition) is 0. The van der Waals surface area contributed by atoms with Gasteiger partial charge in [0.1, 0.15) is 5.76 Å². The molecule has 31 heavy (non-hydrogen) atoms. The van der Waals surface area contributed by atoms with Crippen molar-refractivity contribution in [3.05, 3.63) is 83.5 Å². The lowest BCUT2D eigenvalue weighted by Gasteiger charge is -2.30. The van der Waals surface area contributed by atoms with Gasteiger partial charge in [-0.1, -0.05) is 35.5 Å². The lowest BCUT2D eigenvalue weighted by atomic mass is 9.89. The molecule has 0 spiro atoms. The molecule has 1 amide bonds. The molecule has 6 nitrogen and oxygen atoms in total. The minimum absolute atomic E-state index is 0.0937. The van der Waals surface area contributed by atoms with E-state index in [4.69, 9.17) is 4.52 Å². The zero-order chi connectivity index (χ0) is 20.8. The summed E-state index contributed by atoms with van der Waals surface area (Å²) in [6.45, 7) is 3.56. The first-order chi connectivity index (χ1) is 15.3. The van der Waals surface area contributed by atoms with Crippen LogP contribution in [0.25, 0.3) is 0 Å². The predicted octanol–water partition coefficient (Wildman–Crippen LogP) is 3.89. The first-order valence-corrected chi connectivity index (χ1v) is 11.2. The summed E-state index contributed by atoms with van der Waals surface area (Å²) in [5.41, 5.74) is 2.96. The van der Waals surface area contributed by atoms with E-state index >= 15 is 0 Å². The second kappa shape index (κ2) is 7.61. The molecule has 2 aliphatic heterocycles. The predicted molar refractivity (Wildman–Crippen MR) is 115 cm³/mol. The van der Waals surface area contributed by atoms with Gasteiger partial charge >= 0.3 is 0 Å². The highest BCUT2D eigenvalue weighted by molar-refractivity contribution is 5.94. The lowest BCUT2D eigenvalue weighted by Crippen LogP contribution is -2.35. The number of aromatic nitrogens is 2. The van der Waals surface area contributed by atoms with E-state index in [9.17, 15) is 4.79 Å². The topological polar surface area (TPSA) is 62.5 Å². The Kier molecular flexibility index (Phi) is 4.60. The zero-order valence-corrected chi connectivity index (χ0v) is 17.4. The van der Waals surface area contributed by atoms with Gasteiger partial charge in [0.25, 0.3) is 5.91 Å². The maximum absolute atomic E-state index is 13.4. The monoisotopic (exact) mass is 414 g/mol. The zero-order valence-electron chi connectivity index (χ0n) is 17.4. The Morgan fingerprint density at radius 3 is 2.61 bits per heavy atom. The summed E-state index contributed by atoms with van der Waals surface area (Å²) in [5, 5.41) is 4.31. The Morgan fingerprint density at radius 1 is 1.03 bits per heavy atom. The van der Waals surface area contributed by atoms with Crippen LogP contribution in [0.5, 0.6) is 0 Å². The van der Waals surface area contributed by atoms with Crippen molar-refractivity contribution in [2.24, 2.45) is 11.8 Å². The van der Waals surface area contributed by atoms with Gasteiger partial charge in [0, 0.05) is 62.0 Å². The third-order valence-electron chi connectivity index (χ3n) is 7.01. The maximum Gasteiger partial charge on any atom is 0.254 e. The number of fused-ring (bicyclic) bond motifs is 1. The maximum atomic E-state index is 13.4. The van der Waals surface area contributed by atoms with Crippen molar-refractivity contribution in [1.82, 2.24) is 19.9 Å². The van der Waals surface area contributed by atoms with Crippen molar-refractivity contribution in [2.75, 3.05) is 19.6 Å². The Hall–Kier alpha value is -2.99. The van der Waals surface area contributed by atoms with Gasteiger partial charge in [0.15, 0.2) is 0 Å². The van der Waals surface area contributed by atoms with E-state index in [0.717, 1.165) is 37.6 Å². The quantitative estimate of drug-likeness (QED) is 0.634. The van der Waals surface area contributed by atoms with Crippen LogP contribution in [0.15, 0.2) is 65.4 Å². The standard InChI is InChI=1S/C25H26N4O2/c30-25(19-8-10-26-11-9-19)29-14-20-13-28(15-21-12-23(31-27-21)17-6-7-17)16-22(20)24(29)18-4-2-1-3-5-18/h1-5,8-12,17,20,22,24H,6-7,13-16H2/t20-,22-,24+/m0/s1. The molecule has 6 heteroatoms. The number of benzene rings is 1. The van der Waals surface area contributed by atoms with E-state index in [-0.39, 0.29) is 11.9 Å². The van der Waals surface area contributed by atoms with E-state index in [2.05, 4.69) is 50.3 Å². The molecule has 1 aliphatic carbocycles. The average molecular weight is 415 g/mol. The van der Waals surface area contributed by atoms with Crippen LogP contribution in [0.4, 0.5) is 0 Å². The van der Waals surface area contributed by atoms with Crippen molar-refractivity contribution < 1.29 is 9.32 Å². The number of nitrogens with zero attached hydrogens (tertiary/aromatic N) is 4. The highest BCUT2D eigenvalue weighted by Crippen LogP contribution is 2.46. The third-order valence-corrected chi connectivity index (χ3v) is 7.01. The number of hydrogen-bond acceptors (Lipinski definition) is 5. The first-order valence-electron chi connectivity index (χ1n) is 11.2. The smallest absolute Gasteiger partial charge is 0.254 e. The highest BCUT2D eigenvalue weighted by atomic mass is 16.5. The van der Waals surface area contributed by atoms with E-state index in [1.54, 1.807) is 12.4 Å². The summed E-state index contributed by atoms with van der Waals surface area (Å²) in [5.74, 6) is 2.62. The van der Waals surface area contributed by atoms with E-state index in [1.165, 1.54) is 18.4 Å². The largest absolute Gasteiger partial charge is 0.361 e. The minimum Gasteiger partial charge on any atom is -0.361 e. The molecule has 1 saturated carbocycles. The van der Waals surface area contributed by atoms with Crippen molar-refractivity contribution in [3.63, 3.8) is 0 Å². The summed E-state index contributed by atoms with van der Waals surface area (Å²) in [7, 11) is 0. The summed E-state index contributed by atoms with van der Waals surface area (Å²) in [6.07, 6.45) is 5.83. The number of amides is 1. The summed E-state index contributed by atoms with van der Waals surface area (Å²) in [6, 6.07) is 16.3. The minimum atomic E-state index is 0.0937. The average Bonchev–Trinajstić information content (AvgIpc) is 3.28. The van der Waals surface area contributed by atoms with Crippen LogP contribution in [0, 0.1) is 11.8 Å². The molecule has 1 aromatic carbocycles. The van der Waals surface area contributed by atoms with Crippen LogP contribution in [-0.4, -0.2) is 45.5 Å². The molecule has 0 bridgehead atoms. The lowest BCUT2D eigenvalue weighted by molar-refractivity contribution is 0.0699. The molecule has 3 fully saturated rings. The van der Waals surface area contributed by atoms with Gasteiger partial charge in [-0.3, -0.25) is 14.7 Å². The van der Waals surface area contributed by atoms with Crippen LogP contribution < -0.4 is 0 Å². The fourth-order valence-electron chi connectivity index (χ4n) is 5.41. The van der Waals surface area contributed by atoms with E-state index < -0.39 is 0 Å². The van der Waals surface area contributed by atoms with Crippen molar-refractivity contribution in [2.45, 2.75) is 31.3 Å². The molecule has 3 aromatic rings. The Morgan fingerprint density at radius 2 is 1.84 bits per heavy atom. The molecule has 0 radical (unpaired) electrons. The summed E-state index contributed by atoms with van der Waals surface area (Å²) in [4.78, 5) is 22.0. The SMILES string of the molecule is O=C(c1ccncc1)N1C[C@@H]2CN(Cc3cc(C4CC4)on3)C[C@@H]2[C@H]1c1ccccc1. The molecule has 2 aromatic heterocycles. The third kappa shape index (κ3) is 3.55. The fraction of sp³-hybridized carbons (Fsp3) is 0.400. The number of carbonyl (C=O) groups excluding carboxylic acids is 1. The van der Waals surface area contributed by atoms with Crippen LogP contribution in [0.1, 0.15) is 52.2 Å². The molecular formula is C25H26N4O2. The molecule has 3 atom stereocenters. The van der Waals surface area contributed by atoms with Gasteiger partial charge in [-0.05, 0) is 36.5 Å². The summed E-state index contributed by atoms with van der Waals surface area (Å²) >= 11 is 0. The van der Waals surface area contributed by atoms with Gasteiger partial charge in [-0.2, -0.15) is 0 Å². The van der Waals surface area contributed by atoms with Crippen LogP contribution in [-0.2, 0) is 6.54 Å². The summed E-state index contributed by atoms with van der Waals surface area (Å²) < 4.78 is 5.55. The molecule has 6 rings (SSSR count). The van der Waals surface area contributed by atoms with Crippen LogP contribution in [0.3, 0.4) is 0 Å². The normalized spacial score (nSPS) is 25.7. The van der Waals surface area contributed by atoms with Crippen molar-refractivity contribution in [3.8, 4) is 0 Å². The van der Waals surface area contributed by atoms with E-state index in [0.29, 0.717) is 23.3 Å². The van der Waals surface area contributed by atoms with Crippen molar-refractivity contribution >= 4 is 5.91 Å². The Bertz CT molecular complexity index is 1060. The molecule has 2 saturated heterocycles. The van der Waals surface area contributed by atoms with Gasteiger partial charge in [0.05, 0.1) is 11.7 Å². The molecule has 3 aliphatic rings. The molecule has 0 unspecified atom stereocenters. The second-order valence-electron chi connectivity index (χ2n) is 9.16. The molecule has 158 valence electrons. The van der Waals surface area contributed by atoms with E-state index in [1.807, 2.05) is 18.2 Å².